The smallest absolute Gasteiger partial charge is 0.0237 e. The second-order valence-electron chi connectivity index (χ2n) is 7.55. The molecule has 2 unspecified atom stereocenters. The lowest BCUT2D eigenvalue weighted by molar-refractivity contribution is 0.0999. The Morgan fingerprint density at radius 3 is 2.52 bits per heavy atom. The molecule has 1 aliphatic carbocycles. The van der Waals surface area contributed by atoms with Gasteiger partial charge in [-0.15, -0.1) is 0 Å². The SMILES string of the molecule is Cc1ccc(CN2CC(C3CC3)NCC2CC(C)C)cc1. The summed E-state index contributed by atoms with van der Waals surface area (Å²) in [7, 11) is 0. The second-order valence-corrected chi connectivity index (χ2v) is 7.55. The summed E-state index contributed by atoms with van der Waals surface area (Å²) in [6.45, 7) is 10.4. The Balaban J connectivity index is 1.67. The Hall–Kier alpha value is -0.860. The molecule has 2 aliphatic rings. The average molecular weight is 286 g/mol. The third-order valence-corrected chi connectivity index (χ3v) is 5.00. The van der Waals surface area contributed by atoms with E-state index < -0.39 is 0 Å². The van der Waals surface area contributed by atoms with Gasteiger partial charge in [0.25, 0.3) is 0 Å². The minimum absolute atomic E-state index is 0.696. The highest BCUT2D eigenvalue weighted by Gasteiger charge is 2.37. The van der Waals surface area contributed by atoms with Crippen LogP contribution in [-0.4, -0.2) is 30.1 Å². The van der Waals surface area contributed by atoms with Gasteiger partial charge in [0.15, 0.2) is 0 Å². The zero-order valence-electron chi connectivity index (χ0n) is 13.8. The second kappa shape index (κ2) is 6.50. The summed E-state index contributed by atoms with van der Waals surface area (Å²) in [4.78, 5) is 2.74. The number of hydrogen-bond acceptors (Lipinski definition) is 2. The molecule has 1 aromatic carbocycles. The molecule has 3 rings (SSSR count). The maximum absolute atomic E-state index is 3.82. The van der Waals surface area contributed by atoms with Crippen molar-refractivity contribution >= 4 is 0 Å². The Bertz CT molecular complexity index is 447. The molecule has 0 bridgehead atoms. The molecule has 1 aromatic rings. The van der Waals surface area contributed by atoms with Crippen LogP contribution in [0.5, 0.6) is 0 Å². The van der Waals surface area contributed by atoms with Gasteiger partial charge in [-0.1, -0.05) is 43.7 Å². The standard InChI is InChI=1S/C19H30N2/c1-14(2)10-18-11-20-19(17-8-9-17)13-21(18)12-16-6-4-15(3)5-7-16/h4-7,14,17-20H,8-13H2,1-3H3. The van der Waals surface area contributed by atoms with Gasteiger partial charge in [0, 0.05) is 31.7 Å². The van der Waals surface area contributed by atoms with E-state index in [4.69, 9.17) is 0 Å². The summed E-state index contributed by atoms with van der Waals surface area (Å²) in [5, 5.41) is 3.82. The molecule has 1 saturated carbocycles. The fraction of sp³-hybridized carbons (Fsp3) is 0.684. The Morgan fingerprint density at radius 2 is 1.90 bits per heavy atom. The first-order valence-corrected chi connectivity index (χ1v) is 8.65. The summed E-state index contributed by atoms with van der Waals surface area (Å²) in [5.41, 5.74) is 2.82. The Labute approximate surface area is 129 Å². The third kappa shape index (κ3) is 4.08. The van der Waals surface area contributed by atoms with E-state index in [-0.39, 0.29) is 0 Å². The van der Waals surface area contributed by atoms with Gasteiger partial charge < -0.3 is 5.32 Å². The first-order chi connectivity index (χ1) is 10.1. The summed E-state index contributed by atoms with van der Waals surface area (Å²) in [5.74, 6) is 1.72. The van der Waals surface area contributed by atoms with E-state index in [1.54, 1.807) is 0 Å². The molecule has 1 N–H and O–H groups in total. The molecule has 0 radical (unpaired) electrons. The monoisotopic (exact) mass is 286 g/mol. The molecule has 0 spiro atoms. The van der Waals surface area contributed by atoms with Crippen LogP contribution in [0.4, 0.5) is 0 Å². The predicted molar refractivity (Wildman–Crippen MR) is 89.3 cm³/mol. The maximum Gasteiger partial charge on any atom is 0.0237 e. The van der Waals surface area contributed by atoms with E-state index in [1.807, 2.05) is 0 Å². The lowest BCUT2D eigenvalue weighted by atomic mass is 9.97. The fourth-order valence-corrected chi connectivity index (χ4v) is 3.60. The van der Waals surface area contributed by atoms with Gasteiger partial charge >= 0.3 is 0 Å². The van der Waals surface area contributed by atoms with Crippen LogP contribution in [0.15, 0.2) is 24.3 Å². The number of nitrogens with one attached hydrogen (secondary N) is 1. The molecule has 0 amide bonds. The number of aryl methyl sites for hydroxylation is 1. The molecule has 21 heavy (non-hydrogen) atoms. The molecular formula is C19H30N2. The lowest BCUT2D eigenvalue weighted by Crippen LogP contribution is -2.57. The van der Waals surface area contributed by atoms with Crippen molar-refractivity contribution in [2.75, 3.05) is 13.1 Å². The van der Waals surface area contributed by atoms with Crippen LogP contribution in [0, 0.1) is 18.8 Å². The van der Waals surface area contributed by atoms with E-state index in [9.17, 15) is 0 Å². The minimum Gasteiger partial charge on any atom is -0.311 e. The molecule has 2 heteroatoms. The van der Waals surface area contributed by atoms with Crippen LogP contribution in [0.3, 0.4) is 0 Å². The summed E-state index contributed by atoms with van der Waals surface area (Å²) in [6, 6.07) is 10.5. The van der Waals surface area contributed by atoms with Crippen molar-refractivity contribution in [3.05, 3.63) is 35.4 Å². The van der Waals surface area contributed by atoms with E-state index in [0.717, 1.165) is 24.4 Å². The number of nitrogens with zero attached hydrogens (tertiary/aromatic N) is 1. The molecule has 2 nitrogen and oxygen atoms in total. The van der Waals surface area contributed by atoms with Crippen LogP contribution in [0.1, 0.15) is 44.2 Å². The third-order valence-electron chi connectivity index (χ3n) is 5.00. The molecular weight excluding hydrogens is 256 g/mol. The number of hydrogen-bond donors (Lipinski definition) is 1. The number of benzene rings is 1. The van der Waals surface area contributed by atoms with E-state index in [2.05, 4.69) is 55.3 Å². The van der Waals surface area contributed by atoms with E-state index in [1.165, 1.54) is 43.5 Å². The van der Waals surface area contributed by atoms with Crippen LogP contribution in [-0.2, 0) is 6.54 Å². The maximum atomic E-state index is 3.82. The highest BCUT2D eigenvalue weighted by atomic mass is 15.2. The van der Waals surface area contributed by atoms with Gasteiger partial charge in [0.1, 0.15) is 0 Å². The van der Waals surface area contributed by atoms with Gasteiger partial charge in [-0.05, 0) is 43.6 Å². The van der Waals surface area contributed by atoms with Crippen molar-refractivity contribution in [3.8, 4) is 0 Å². The first kappa shape index (κ1) is 15.1. The van der Waals surface area contributed by atoms with Crippen molar-refractivity contribution in [1.82, 2.24) is 10.2 Å². The fourth-order valence-electron chi connectivity index (χ4n) is 3.60. The zero-order valence-corrected chi connectivity index (χ0v) is 13.8. The topological polar surface area (TPSA) is 15.3 Å². The van der Waals surface area contributed by atoms with Gasteiger partial charge in [-0.2, -0.15) is 0 Å². The highest BCUT2D eigenvalue weighted by Crippen LogP contribution is 2.35. The molecule has 1 saturated heterocycles. The van der Waals surface area contributed by atoms with Gasteiger partial charge in [0.2, 0.25) is 0 Å². The molecule has 2 atom stereocenters. The van der Waals surface area contributed by atoms with Gasteiger partial charge in [0.05, 0.1) is 0 Å². The molecule has 116 valence electrons. The average Bonchev–Trinajstić information content (AvgIpc) is 3.27. The van der Waals surface area contributed by atoms with Crippen molar-refractivity contribution in [3.63, 3.8) is 0 Å². The largest absolute Gasteiger partial charge is 0.311 e. The predicted octanol–water partition coefficient (Wildman–Crippen LogP) is 3.59. The highest BCUT2D eigenvalue weighted by molar-refractivity contribution is 5.21. The van der Waals surface area contributed by atoms with E-state index >= 15 is 0 Å². The summed E-state index contributed by atoms with van der Waals surface area (Å²) < 4.78 is 0. The number of piperazine rings is 1. The van der Waals surface area contributed by atoms with Crippen molar-refractivity contribution < 1.29 is 0 Å². The van der Waals surface area contributed by atoms with E-state index in [0.29, 0.717) is 6.04 Å². The van der Waals surface area contributed by atoms with Crippen LogP contribution >= 0.6 is 0 Å². The quantitative estimate of drug-likeness (QED) is 0.890. The number of rotatable bonds is 5. The molecule has 1 heterocycles. The van der Waals surface area contributed by atoms with Gasteiger partial charge in [-0.25, -0.2) is 0 Å². The molecule has 2 fully saturated rings. The van der Waals surface area contributed by atoms with Gasteiger partial charge in [-0.3, -0.25) is 4.90 Å². The minimum atomic E-state index is 0.696. The van der Waals surface area contributed by atoms with Crippen LogP contribution in [0.25, 0.3) is 0 Å². The summed E-state index contributed by atoms with van der Waals surface area (Å²) >= 11 is 0. The van der Waals surface area contributed by atoms with Crippen LogP contribution in [0.2, 0.25) is 0 Å². The normalized spacial score (nSPS) is 27.2. The summed E-state index contributed by atoms with van der Waals surface area (Å²) in [6.07, 6.45) is 4.17. The van der Waals surface area contributed by atoms with Crippen molar-refractivity contribution in [2.45, 2.75) is 58.7 Å². The Kier molecular flexibility index (Phi) is 4.66. The van der Waals surface area contributed by atoms with Crippen LogP contribution < -0.4 is 5.32 Å². The lowest BCUT2D eigenvalue weighted by Gasteiger charge is -2.41. The zero-order chi connectivity index (χ0) is 14.8. The molecule has 0 aromatic heterocycles. The van der Waals surface area contributed by atoms with Crippen molar-refractivity contribution in [2.24, 2.45) is 11.8 Å². The molecule has 1 aliphatic heterocycles. The van der Waals surface area contributed by atoms with Crippen molar-refractivity contribution in [1.29, 1.82) is 0 Å². The Morgan fingerprint density at radius 1 is 1.19 bits per heavy atom. The first-order valence-electron chi connectivity index (χ1n) is 8.65.